The average molecular weight is 247 g/mol. The molecule has 1 aliphatic carbocycles. The molecule has 0 saturated carbocycles. The number of carbonyl (C=O) groups is 1. The van der Waals surface area contributed by atoms with Crippen LogP contribution in [0, 0.1) is 0 Å². The molecule has 1 aromatic carbocycles. The molecule has 0 aliphatic heterocycles. The molecular weight excluding hydrogens is 226 g/mol. The van der Waals surface area contributed by atoms with Crippen molar-refractivity contribution in [3.63, 3.8) is 0 Å². The molecule has 1 aromatic rings. The molecule has 1 unspecified atom stereocenters. The molecule has 0 radical (unpaired) electrons. The van der Waals surface area contributed by atoms with E-state index in [1.165, 1.54) is 11.1 Å². The Morgan fingerprint density at radius 2 is 2.11 bits per heavy atom. The molecule has 0 bridgehead atoms. The summed E-state index contributed by atoms with van der Waals surface area (Å²) in [5.74, 6) is -0.108. The van der Waals surface area contributed by atoms with Crippen molar-refractivity contribution in [2.45, 2.75) is 31.7 Å². The van der Waals surface area contributed by atoms with Gasteiger partial charge in [0.1, 0.15) is 0 Å². The van der Waals surface area contributed by atoms with Crippen LogP contribution in [0.2, 0.25) is 0 Å². The number of rotatable bonds is 4. The second-order valence-electron chi connectivity index (χ2n) is 5.06. The van der Waals surface area contributed by atoms with Crippen LogP contribution in [0.5, 0.6) is 0 Å². The summed E-state index contributed by atoms with van der Waals surface area (Å²) in [5.41, 5.74) is 2.45. The summed E-state index contributed by atoms with van der Waals surface area (Å²) in [7, 11) is 4.09. The second kappa shape index (κ2) is 5.11. The molecule has 1 aliphatic rings. The van der Waals surface area contributed by atoms with Gasteiger partial charge in [0, 0.05) is 0 Å². The molecule has 1 atom stereocenters. The van der Waals surface area contributed by atoms with E-state index in [4.69, 9.17) is 4.74 Å². The van der Waals surface area contributed by atoms with Gasteiger partial charge in [0.15, 0.2) is 0 Å². The van der Waals surface area contributed by atoms with Gasteiger partial charge in [-0.15, -0.1) is 0 Å². The molecule has 3 heteroatoms. The van der Waals surface area contributed by atoms with E-state index in [9.17, 15) is 4.79 Å². The Balaban J connectivity index is 2.33. The lowest BCUT2D eigenvalue weighted by Crippen LogP contribution is -2.41. The number of hydrogen-bond acceptors (Lipinski definition) is 3. The molecule has 3 nitrogen and oxygen atoms in total. The van der Waals surface area contributed by atoms with Crippen molar-refractivity contribution in [3.8, 4) is 0 Å². The predicted octanol–water partition coefficient (Wildman–Crippen LogP) is 2.34. The molecule has 0 amide bonds. The lowest BCUT2D eigenvalue weighted by atomic mass is 9.87. The van der Waals surface area contributed by atoms with Gasteiger partial charge >= 0.3 is 5.97 Å². The highest BCUT2D eigenvalue weighted by atomic mass is 16.5. The summed E-state index contributed by atoms with van der Waals surface area (Å²) in [6, 6.07) is 8.41. The zero-order chi connectivity index (χ0) is 13.2. The molecular formula is C15H21NO2. The normalized spacial score (nSPS) is 22.0. The van der Waals surface area contributed by atoms with Crippen molar-refractivity contribution in [2.24, 2.45) is 0 Å². The van der Waals surface area contributed by atoms with E-state index in [1.807, 2.05) is 27.1 Å². The van der Waals surface area contributed by atoms with Crippen LogP contribution in [0.1, 0.15) is 30.9 Å². The fraction of sp³-hybridized carbons (Fsp3) is 0.533. The lowest BCUT2D eigenvalue weighted by Gasteiger charge is -2.36. The Kier molecular flexibility index (Phi) is 3.71. The zero-order valence-electron chi connectivity index (χ0n) is 11.4. The largest absolute Gasteiger partial charge is 0.466 e. The molecule has 0 N–H and O–H groups in total. The molecule has 0 spiro atoms. The Labute approximate surface area is 109 Å². The van der Waals surface area contributed by atoms with Crippen molar-refractivity contribution >= 4 is 5.97 Å². The summed E-state index contributed by atoms with van der Waals surface area (Å²) in [5, 5.41) is 0. The Morgan fingerprint density at radius 1 is 1.39 bits per heavy atom. The van der Waals surface area contributed by atoms with Gasteiger partial charge in [0.25, 0.3) is 0 Å². The van der Waals surface area contributed by atoms with Gasteiger partial charge in [-0.3, -0.25) is 9.69 Å². The second-order valence-corrected chi connectivity index (χ2v) is 5.06. The third-order valence-electron chi connectivity index (χ3n) is 3.92. The summed E-state index contributed by atoms with van der Waals surface area (Å²) in [4.78, 5) is 14.0. The van der Waals surface area contributed by atoms with Gasteiger partial charge in [-0.2, -0.15) is 0 Å². The fourth-order valence-electron chi connectivity index (χ4n) is 2.93. The van der Waals surface area contributed by atoms with E-state index in [2.05, 4.69) is 23.1 Å². The van der Waals surface area contributed by atoms with E-state index in [0.29, 0.717) is 13.0 Å². The highest BCUT2D eigenvalue weighted by Gasteiger charge is 2.42. The Hall–Kier alpha value is -1.35. The number of esters is 1. The van der Waals surface area contributed by atoms with E-state index >= 15 is 0 Å². The molecule has 18 heavy (non-hydrogen) atoms. The maximum atomic E-state index is 11.9. The van der Waals surface area contributed by atoms with Gasteiger partial charge < -0.3 is 4.74 Å². The molecule has 0 heterocycles. The maximum absolute atomic E-state index is 11.9. The number of ether oxygens (including phenoxy) is 1. The highest BCUT2D eigenvalue weighted by Crippen LogP contribution is 2.43. The predicted molar refractivity (Wildman–Crippen MR) is 71.4 cm³/mol. The summed E-state index contributed by atoms with van der Waals surface area (Å²) >= 11 is 0. The molecule has 0 fully saturated rings. The zero-order valence-corrected chi connectivity index (χ0v) is 11.4. The van der Waals surface area contributed by atoms with Crippen LogP contribution in [0.4, 0.5) is 0 Å². The monoisotopic (exact) mass is 247 g/mol. The average Bonchev–Trinajstić information content (AvgIpc) is 2.70. The molecule has 98 valence electrons. The van der Waals surface area contributed by atoms with Crippen molar-refractivity contribution in [3.05, 3.63) is 35.4 Å². The number of aryl methyl sites for hydroxylation is 1. The first-order chi connectivity index (χ1) is 8.60. The van der Waals surface area contributed by atoms with Crippen LogP contribution in [0.25, 0.3) is 0 Å². The first-order valence-corrected chi connectivity index (χ1v) is 6.51. The van der Waals surface area contributed by atoms with Crippen LogP contribution >= 0.6 is 0 Å². The third-order valence-corrected chi connectivity index (χ3v) is 3.92. The van der Waals surface area contributed by atoms with E-state index in [1.54, 1.807) is 0 Å². The molecule has 2 rings (SSSR count). The highest BCUT2D eigenvalue weighted by molar-refractivity contribution is 5.72. The van der Waals surface area contributed by atoms with Crippen molar-refractivity contribution in [2.75, 3.05) is 20.7 Å². The van der Waals surface area contributed by atoms with Gasteiger partial charge in [0.05, 0.1) is 18.6 Å². The molecule has 0 saturated heterocycles. The minimum absolute atomic E-state index is 0.108. The van der Waals surface area contributed by atoms with Gasteiger partial charge in [-0.25, -0.2) is 0 Å². The third kappa shape index (κ3) is 2.15. The summed E-state index contributed by atoms with van der Waals surface area (Å²) in [6.07, 6.45) is 2.46. The van der Waals surface area contributed by atoms with E-state index in [0.717, 1.165) is 12.8 Å². The quantitative estimate of drug-likeness (QED) is 0.765. The standard InChI is InChI=1S/C15H21NO2/c1-4-18-14(17)11-15(16(2)3)10-9-12-7-5-6-8-13(12)15/h5-8H,4,9-11H2,1-3H3. The van der Waals surface area contributed by atoms with Crippen LogP contribution in [0.3, 0.4) is 0 Å². The fourth-order valence-corrected chi connectivity index (χ4v) is 2.93. The van der Waals surface area contributed by atoms with Crippen LogP contribution in [-0.4, -0.2) is 31.6 Å². The van der Waals surface area contributed by atoms with Crippen molar-refractivity contribution in [1.82, 2.24) is 4.90 Å². The smallest absolute Gasteiger partial charge is 0.308 e. The van der Waals surface area contributed by atoms with Gasteiger partial charge in [0.2, 0.25) is 0 Å². The number of benzene rings is 1. The number of fused-ring (bicyclic) bond motifs is 1. The van der Waals surface area contributed by atoms with Crippen molar-refractivity contribution in [1.29, 1.82) is 0 Å². The Morgan fingerprint density at radius 3 is 2.78 bits per heavy atom. The molecule has 0 aromatic heterocycles. The lowest BCUT2D eigenvalue weighted by molar-refractivity contribution is -0.146. The topological polar surface area (TPSA) is 29.5 Å². The van der Waals surface area contributed by atoms with Crippen molar-refractivity contribution < 1.29 is 9.53 Å². The summed E-state index contributed by atoms with van der Waals surface area (Å²) in [6.45, 7) is 2.30. The van der Waals surface area contributed by atoms with Crippen LogP contribution in [-0.2, 0) is 21.5 Å². The minimum atomic E-state index is -0.192. The van der Waals surface area contributed by atoms with E-state index < -0.39 is 0 Å². The Bertz CT molecular complexity index is 442. The summed E-state index contributed by atoms with van der Waals surface area (Å²) < 4.78 is 5.13. The van der Waals surface area contributed by atoms with Gasteiger partial charge in [-0.05, 0) is 45.0 Å². The SMILES string of the molecule is CCOC(=O)CC1(N(C)C)CCc2ccccc21. The van der Waals surface area contributed by atoms with Crippen LogP contribution in [0.15, 0.2) is 24.3 Å². The van der Waals surface area contributed by atoms with Gasteiger partial charge in [-0.1, -0.05) is 24.3 Å². The number of nitrogens with zero attached hydrogens (tertiary/aromatic N) is 1. The number of hydrogen-bond donors (Lipinski definition) is 0. The first-order valence-electron chi connectivity index (χ1n) is 6.51. The first kappa shape index (κ1) is 13.1. The van der Waals surface area contributed by atoms with Crippen LogP contribution < -0.4 is 0 Å². The van der Waals surface area contributed by atoms with E-state index in [-0.39, 0.29) is 11.5 Å². The number of carbonyl (C=O) groups excluding carboxylic acids is 1. The maximum Gasteiger partial charge on any atom is 0.308 e. The minimum Gasteiger partial charge on any atom is -0.466 e.